The monoisotopic (exact) mass is 530 g/mol. The molecule has 0 unspecified atom stereocenters. The maximum Gasteiger partial charge on any atom is 0.417 e. The normalized spacial score (nSPS) is 13.4. The Balaban J connectivity index is 1.41. The minimum absolute atomic E-state index is 0.0196. The van der Waals surface area contributed by atoms with Gasteiger partial charge >= 0.3 is 6.18 Å². The first-order valence-electron chi connectivity index (χ1n) is 12.2. The fourth-order valence-electron chi connectivity index (χ4n) is 4.54. The molecule has 0 spiro atoms. The Bertz CT molecular complexity index is 1690. The molecule has 0 saturated carbocycles. The lowest BCUT2D eigenvalue weighted by Crippen LogP contribution is -2.42. The van der Waals surface area contributed by atoms with Crippen molar-refractivity contribution in [2.45, 2.75) is 12.6 Å². The third-order valence-electron chi connectivity index (χ3n) is 6.67. The van der Waals surface area contributed by atoms with Crippen LogP contribution in [0.3, 0.4) is 0 Å². The molecular weight excluding hydrogens is 509 g/mol. The Morgan fingerprint density at radius 2 is 1.74 bits per heavy atom. The number of fused-ring (bicyclic) bond motifs is 1. The van der Waals surface area contributed by atoms with Gasteiger partial charge in [-0.15, -0.1) is 0 Å². The van der Waals surface area contributed by atoms with Crippen LogP contribution in [0, 0.1) is 0 Å². The zero-order chi connectivity index (χ0) is 27.1. The molecule has 11 heteroatoms. The molecule has 4 heterocycles. The van der Waals surface area contributed by atoms with E-state index in [1.54, 1.807) is 27.6 Å². The van der Waals surface area contributed by atoms with Crippen LogP contribution in [-0.2, 0) is 6.18 Å². The maximum absolute atomic E-state index is 13.7. The highest BCUT2D eigenvalue weighted by Gasteiger charge is 2.34. The molecule has 5 aromatic rings. The van der Waals surface area contributed by atoms with Crippen LogP contribution in [-0.4, -0.2) is 49.4 Å². The lowest BCUT2D eigenvalue weighted by Gasteiger charge is -2.30. The lowest BCUT2D eigenvalue weighted by molar-refractivity contribution is -0.137. The first kappa shape index (κ1) is 24.4. The van der Waals surface area contributed by atoms with Crippen molar-refractivity contribution < 1.29 is 22.8 Å². The van der Waals surface area contributed by atoms with Gasteiger partial charge in [-0.1, -0.05) is 30.3 Å². The molecule has 8 nitrogen and oxygen atoms in total. The Morgan fingerprint density at radius 1 is 0.949 bits per heavy atom. The number of hydrogen-bond acceptors (Lipinski definition) is 4. The largest absolute Gasteiger partial charge is 0.417 e. The van der Waals surface area contributed by atoms with E-state index >= 15 is 0 Å². The van der Waals surface area contributed by atoms with Crippen LogP contribution in [0.2, 0.25) is 0 Å². The number of carbonyl (C=O) groups excluding carboxylic acids is 2. The number of halogens is 3. The molecule has 3 aromatic heterocycles. The van der Waals surface area contributed by atoms with E-state index in [0.717, 1.165) is 24.1 Å². The van der Waals surface area contributed by atoms with Gasteiger partial charge in [0.15, 0.2) is 0 Å². The zero-order valence-electron chi connectivity index (χ0n) is 20.4. The Hall–Kier alpha value is -4.93. The van der Waals surface area contributed by atoms with E-state index in [0.29, 0.717) is 35.8 Å². The molecule has 0 aliphatic carbocycles. The number of amides is 2. The molecular formula is C28H21F3N6O2. The predicted molar refractivity (Wildman–Crippen MR) is 138 cm³/mol. The van der Waals surface area contributed by atoms with E-state index in [2.05, 4.69) is 15.5 Å². The summed E-state index contributed by atoms with van der Waals surface area (Å²) in [6.45, 7) is 1.42. The van der Waals surface area contributed by atoms with Gasteiger partial charge in [0.25, 0.3) is 11.8 Å². The molecule has 0 bridgehead atoms. The van der Waals surface area contributed by atoms with Crippen molar-refractivity contribution in [1.82, 2.24) is 24.5 Å². The second-order valence-corrected chi connectivity index (χ2v) is 9.15. The summed E-state index contributed by atoms with van der Waals surface area (Å²) in [5, 5.41) is 9.11. The highest BCUT2D eigenvalue weighted by atomic mass is 19.4. The van der Waals surface area contributed by atoms with Crippen molar-refractivity contribution >= 4 is 23.3 Å². The van der Waals surface area contributed by atoms with Crippen molar-refractivity contribution in [2.75, 3.05) is 18.4 Å². The number of hydrogen-bond donors (Lipinski definition) is 2. The summed E-state index contributed by atoms with van der Waals surface area (Å²) < 4.78 is 42.7. The first-order chi connectivity index (χ1) is 18.8. The number of nitrogens with one attached hydrogen (secondary N) is 2. The summed E-state index contributed by atoms with van der Waals surface area (Å²) >= 11 is 0. The van der Waals surface area contributed by atoms with E-state index < -0.39 is 17.6 Å². The van der Waals surface area contributed by atoms with Crippen LogP contribution in [0.25, 0.3) is 28.2 Å². The molecule has 0 radical (unpaired) electrons. The molecule has 1 saturated heterocycles. The Morgan fingerprint density at radius 3 is 2.41 bits per heavy atom. The average Bonchev–Trinajstić information content (AvgIpc) is 3.56. The summed E-state index contributed by atoms with van der Waals surface area (Å²) in [5.41, 5.74) is 1.18. The molecule has 0 atom stereocenters. The van der Waals surface area contributed by atoms with Crippen LogP contribution in [0.1, 0.15) is 32.7 Å². The molecule has 2 aromatic carbocycles. The highest BCUT2D eigenvalue weighted by molar-refractivity contribution is 6.06. The van der Waals surface area contributed by atoms with Crippen molar-refractivity contribution in [3.63, 3.8) is 0 Å². The van der Waals surface area contributed by atoms with Crippen molar-refractivity contribution in [3.05, 3.63) is 95.8 Å². The van der Waals surface area contributed by atoms with Gasteiger partial charge in [0.1, 0.15) is 17.2 Å². The number of nitrogens with zero attached hydrogens (tertiary/aromatic N) is 4. The number of imidazole rings is 1. The van der Waals surface area contributed by atoms with E-state index in [4.69, 9.17) is 4.98 Å². The summed E-state index contributed by atoms with van der Waals surface area (Å²) in [7, 11) is 0. The van der Waals surface area contributed by atoms with Crippen LogP contribution >= 0.6 is 0 Å². The number of aromatic amines is 1. The molecule has 196 valence electrons. The molecule has 39 heavy (non-hydrogen) atoms. The number of H-pyrrole nitrogens is 1. The van der Waals surface area contributed by atoms with Gasteiger partial charge in [-0.25, -0.2) is 4.98 Å². The summed E-state index contributed by atoms with van der Waals surface area (Å²) in [5.74, 6) is -0.383. The summed E-state index contributed by atoms with van der Waals surface area (Å²) in [4.78, 5) is 32.6. The van der Waals surface area contributed by atoms with Crippen molar-refractivity contribution in [2.24, 2.45) is 0 Å². The fraction of sp³-hybridized carbons (Fsp3) is 0.143. The molecule has 1 aliphatic rings. The van der Waals surface area contributed by atoms with Gasteiger partial charge in [0.2, 0.25) is 0 Å². The van der Waals surface area contributed by atoms with E-state index in [1.807, 2.05) is 30.3 Å². The van der Waals surface area contributed by atoms with E-state index in [-0.39, 0.29) is 22.7 Å². The smallest absolute Gasteiger partial charge is 0.339 e. The summed E-state index contributed by atoms with van der Waals surface area (Å²) in [6.07, 6.45) is -0.658. The number of rotatable bonds is 5. The van der Waals surface area contributed by atoms with E-state index in [9.17, 15) is 22.8 Å². The van der Waals surface area contributed by atoms with Gasteiger partial charge < -0.3 is 10.2 Å². The maximum atomic E-state index is 13.7. The number of anilines is 1. The van der Waals surface area contributed by atoms with E-state index in [1.165, 1.54) is 18.3 Å². The standard InChI is InChI=1S/C28H21F3N6O2/c29-28(30,31)21-8-7-18(15-20(21)22-9-11-32-35-22)26(38)34-25-24(17-5-2-1-3-6-17)33-23-16-19(10-14-37(23)25)27(39)36-12-4-13-36/h1-3,5-11,14-16H,4,12-13H2,(H,32,35)(H,34,38). The molecule has 2 N–H and O–H groups in total. The zero-order valence-corrected chi connectivity index (χ0v) is 20.4. The molecule has 2 amide bonds. The second-order valence-electron chi connectivity index (χ2n) is 9.15. The van der Waals surface area contributed by atoms with Gasteiger partial charge in [-0.05, 0) is 42.8 Å². The number of carbonyl (C=O) groups is 2. The lowest BCUT2D eigenvalue weighted by atomic mass is 10.0. The van der Waals surface area contributed by atoms with Crippen LogP contribution in [0.5, 0.6) is 0 Å². The number of benzene rings is 2. The van der Waals surface area contributed by atoms with Crippen molar-refractivity contribution in [1.29, 1.82) is 0 Å². The first-order valence-corrected chi connectivity index (χ1v) is 12.2. The highest BCUT2D eigenvalue weighted by Crippen LogP contribution is 2.37. The number of pyridine rings is 1. The van der Waals surface area contributed by atoms with Crippen LogP contribution in [0.4, 0.5) is 19.0 Å². The topological polar surface area (TPSA) is 95.4 Å². The minimum atomic E-state index is -4.62. The van der Waals surface area contributed by atoms with Gasteiger partial charge in [0, 0.05) is 47.7 Å². The van der Waals surface area contributed by atoms with Gasteiger partial charge in [-0.3, -0.25) is 19.1 Å². The number of alkyl halides is 3. The predicted octanol–water partition coefficient (Wildman–Crippen LogP) is 5.51. The fourth-order valence-corrected chi connectivity index (χ4v) is 4.54. The van der Waals surface area contributed by atoms with Crippen LogP contribution < -0.4 is 5.32 Å². The molecule has 1 aliphatic heterocycles. The summed E-state index contributed by atoms with van der Waals surface area (Å²) in [6, 6.07) is 17.1. The SMILES string of the molecule is O=C(Nc1c(-c2ccccc2)nc2cc(C(=O)N3CCC3)ccn12)c1ccc(C(F)(F)F)c(-c2ccn[nH]2)c1. The Kier molecular flexibility index (Phi) is 5.90. The quantitative estimate of drug-likeness (QED) is 0.313. The third-order valence-corrected chi connectivity index (χ3v) is 6.67. The average molecular weight is 531 g/mol. The molecule has 6 rings (SSSR count). The van der Waals surface area contributed by atoms with Crippen molar-refractivity contribution in [3.8, 4) is 22.5 Å². The molecule has 1 fully saturated rings. The van der Waals surface area contributed by atoms with Crippen LogP contribution in [0.15, 0.2) is 79.1 Å². The Labute approximate surface area is 220 Å². The number of aromatic nitrogens is 4. The third kappa shape index (κ3) is 4.52. The second kappa shape index (κ2) is 9.43. The minimum Gasteiger partial charge on any atom is -0.339 e. The number of likely N-dealkylation sites (tertiary alicyclic amines) is 1. The van der Waals surface area contributed by atoms with Gasteiger partial charge in [-0.2, -0.15) is 18.3 Å². The van der Waals surface area contributed by atoms with Gasteiger partial charge in [0.05, 0.1) is 11.3 Å².